The zero-order chi connectivity index (χ0) is 18.6. The molecule has 27 heavy (non-hydrogen) atoms. The quantitative estimate of drug-likeness (QED) is 0.801. The van der Waals surface area contributed by atoms with Gasteiger partial charge in [0.05, 0.1) is 19.8 Å². The van der Waals surface area contributed by atoms with E-state index in [-0.39, 0.29) is 5.91 Å². The normalized spacial score (nSPS) is 19.4. The van der Waals surface area contributed by atoms with E-state index in [1.807, 2.05) is 4.90 Å². The van der Waals surface area contributed by atoms with Gasteiger partial charge in [0, 0.05) is 57.1 Å². The van der Waals surface area contributed by atoms with Crippen LogP contribution in [0.4, 0.5) is 0 Å². The van der Waals surface area contributed by atoms with E-state index in [4.69, 9.17) is 4.74 Å². The summed E-state index contributed by atoms with van der Waals surface area (Å²) in [6, 6.07) is 3.55. The van der Waals surface area contributed by atoms with Crippen LogP contribution in [0.25, 0.3) is 0 Å². The maximum Gasteiger partial charge on any atom is 0.253 e. The number of piperidine rings is 1. The Kier molecular flexibility index (Phi) is 5.45. The maximum absolute atomic E-state index is 12.6. The number of ether oxygens (including phenoxy) is 1. The molecule has 4 rings (SSSR count). The van der Waals surface area contributed by atoms with Crippen LogP contribution in [0.2, 0.25) is 0 Å². The molecule has 2 aliphatic heterocycles. The summed E-state index contributed by atoms with van der Waals surface area (Å²) in [4.78, 5) is 20.8. The molecule has 2 aromatic rings. The average molecular weight is 370 g/mol. The van der Waals surface area contributed by atoms with Crippen LogP contribution in [-0.4, -0.2) is 74.8 Å². The number of amides is 1. The monoisotopic (exact) mass is 370 g/mol. The molecule has 0 bridgehead atoms. The van der Waals surface area contributed by atoms with Gasteiger partial charge in [-0.1, -0.05) is 0 Å². The van der Waals surface area contributed by atoms with E-state index in [0.29, 0.717) is 11.5 Å². The molecule has 2 saturated heterocycles. The van der Waals surface area contributed by atoms with E-state index in [0.717, 1.165) is 70.4 Å². The van der Waals surface area contributed by atoms with Crippen molar-refractivity contribution in [3.63, 3.8) is 0 Å². The third-order valence-corrected chi connectivity index (χ3v) is 5.54. The van der Waals surface area contributed by atoms with Crippen molar-refractivity contribution in [1.82, 2.24) is 29.5 Å². The molecule has 0 atom stereocenters. The fourth-order valence-electron chi connectivity index (χ4n) is 3.85. The highest BCUT2D eigenvalue weighted by molar-refractivity contribution is 5.94. The third kappa shape index (κ3) is 4.01. The van der Waals surface area contributed by atoms with Crippen LogP contribution < -0.4 is 0 Å². The summed E-state index contributed by atoms with van der Waals surface area (Å²) in [6.45, 7) is 5.76. The summed E-state index contributed by atoms with van der Waals surface area (Å²) in [7, 11) is 2.06. The molecular weight excluding hydrogens is 344 g/mol. The molecule has 2 aliphatic rings. The van der Waals surface area contributed by atoms with Gasteiger partial charge in [-0.3, -0.25) is 14.7 Å². The van der Waals surface area contributed by atoms with E-state index >= 15 is 0 Å². The van der Waals surface area contributed by atoms with Gasteiger partial charge in [-0.2, -0.15) is 0 Å². The minimum atomic E-state index is 0.0850. The van der Waals surface area contributed by atoms with Crippen LogP contribution in [0.5, 0.6) is 0 Å². The largest absolute Gasteiger partial charge is 0.379 e. The molecule has 2 aromatic heterocycles. The second-order valence-corrected chi connectivity index (χ2v) is 7.22. The van der Waals surface area contributed by atoms with Crippen LogP contribution in [0.15, 0.2) is 24.5 Å². The summed E-state index contributed by atoms with van der Waals surface area (Å²) in [5, 5.41) is 8.91. The number of carbonyl (C=O) groups excluding carboxylic acids is 1. The molecular formula is C19H26N6O2. The van der Waals surface area contributed by atoms with Crippen molar-refractivity contribution in [3.8, 4) is 0 Å². The number of carbonyl (C=O) groups is 1. The number of hydrogen-bond acceptors (Lipinski definition) is 6. The van der Waals surface area contributed by atoms with Crippen molar-refractivity contribution in [1.29, 1.82) is 0 Å². The summed E-state index contributed by atoms with van der Waals surface area (Å²) in [5.74, 6) is 2.47. The predicted molar refractivity (Wildman–Crippen MR) is 99.2 cm³/mol. The smallest absolute Gasteiger partial charge is 0.253 e. The van der Waals surface area contributed by atoms with Crippen LogP contribution >= 0.6 is 0 Å². The Hall–Kier alpha value is -2.32. The van der Waals surface area contributed by atoms with Crippen LogP contribution in [-0.2, 0) is 18.3 Å². The Balaban J connectivity index is 1.36. The molecule has 0 aliphatic carbocycles. The Morgan fingerprint density at radius 3 is 2.52 bits per heavy atom. The Morgan fingerprint density at radius 1 is 1.11 bits per heavy atom. The highest BCUT2D eigenvalue weighted by Crippen LogP contribution is 2.27. The number of pyridine rings is 1. The van der Waals surface area contributed by atoms with Crippen LogP contribution in [0.3, 0.4) is 0 Å². The van der Waals surface area contributed by atoms with Gasteiger partial charge in [0.1, 0.15) is 11.6 Å². The summed E-state index contributed by atoms with van der Waals surface area (Å²) in [6.07, 6.45) is 5.16. The zero-order valence-electron chi connectivity index (χ0n) is 15.8. The lowest BCUT2D eigenvalue weighted by Gasteiger charge is -2.31. The summed E-state index contributed by atoms with van der Waals surface area (Å²) in [5.41, 5.74) is 0.704. The molecule has 0 saturated carbocycles. The molecule has 0 unspecified atom stereocenters. The van der Waals surface area contributed by atoms with Gasteiger partial charge in [0.2, 0.25) is 0 Å². The molecule has 144 valence electrons. The van der Waals surface area contributed by atoms with Crippen molar-refractivity contribution in [2.75, 3.05) is 39.4 Å². The van der Waals surface area contributed by atoms with Gasteiger partial charge in [-0.15, -0.1) is 10.2 Å². The molecule has 8 heteroatoms. The van der Waals surface area contributed by atoms with Gasteiger partial charge < -0.3 is 14.2 Å². The van der Waals surface area contributed by atoms with Gasteiger partial charge >= 0.3 is 0 Å². The Bertz CT molecular complexity index is 764. The number of likely N-dealkylation sites (tertiary alicyclic amines) is 1. The minimum absolute atomic E-state index is 0.0850. The lowest BCUT2D eigenvalue weighted by molar-refractivity contribution is 0.0326. The molecule has 4 heterocycles. The lowest BCUT2D eigenvalue weighted by Crippen LogP contribution is -2.38. The molecule has 0 radical (unpaired) electrons. The first-order valence-corrected chi connectivity index (χ1v) is 9.60. The van der Waals surface area contributed by atoms with Crippen molar-refractivity contribution in [2.24, 2.45) is 7.05 Å². The van der Waals surface area contributed by atoms with Crippen molar-refractivity contribution < 1.29 is 9.53 Å². The first-order valence-electron chi connectivity index (χ1n) is 9.60. The first-order chi connectivity index (χ1) is 13.2. The molecule has 0 aromatic carbocycles. The number of aromatic nitrogens is 4. The van der Waals surface area contributed by atoms with E-state index in [9.17, 15) is 4.79 Å². The van der Waals surface area contributed by atoms with Gasteiger partial charge in [0.25, 0.3) is 5.91 Å². The second-order valence-electron chi connectivity index (χ2n) is 7.22. The number of hydrogen-bond donors (Lipinski definition) is 0. The number of nitrogens with zero attached hydrogens (tertiary/aromatic N) is 6. The topological polar surface area (TPSA) is 76.4 Å². The van der Waals surface area contributed by atoms with E-state index < -0.39 is 0 Å². The van der Waals surface area contributed by atoms with Crippen molar-refractivity contribution >= 4 is 5.91 Å². The van der Waals surface area contributed by atoms with Crippen LogP contribution in [0, 0.1) is 0 Å². The summed E-state index contributed by atoms with van der Waals surface area (Å²) < 4.78 is 7.55. The van der Waals surface area contributed by atoms with Crippen molar-refractivity contribution in [2.45, 2.75) is 25.3 Å². The van der Waals surface area contributed by atoms with Gasteiger partial charge in [-0.05, 0) is 25.0 Å². The zero-order valence-corrected chi connectivity index (χ0v) is 15.8. The SMILES string of the molecule is Cn1c(CN2CCOCC2)nnc1C1CCN(C(=O)c2ccncc2)CC1. The lowest BCUT2D eigenvalue weighted by atomic mass is 9.95. The van der Waals surface area contributed by atoms with E-state index in [1.54, 1.807) is 24.5 Å². The third-order valence-electron chi connectivity index (χ3n) is 5.54. The predicted octanol–water partition coefficient (Wildman–Crippen LogP) is 1.06. The molecule has 8 nitrogen and oxygen atoms in total. The molecule has 2 fully saturated rings. The van der Waals surface area contributed by atoms with Crippen molar-refractivity contribution in [3.05, 3.63) is 41.7 Å². The Morgan fingerprint density at radius 2 is 1.81 bits per heavy atom. The molecule has 0 N–H and O–H groups in total. The average Bonchev–Trinajstić information content (AvgIpc) is 3.09. The number of morpholine rings is 1. The molecule has 0 spiro atoms. The van der Waals surface area contributed by atoms with E-state index in [2.05, 4.69) is 31.7 Å². The molecule has 1 amide bonds. The highest BCUT2D eigenvalue weighted by Gasteiger charge is 2.28. The fraction of sp³-hybridized carbons (Fsp3) is 0.579. The standard InChI is InChI=1S/C19H26N6O2/c1-23-17(14-24-10-12-27-13-11-24)21-22-18(23)15-4-8-25(9-5-15)19(26)16-2-6-20-7-3-16/h2-3,6-7,15H,4-5,8-14H2,1H3. The fourth-order valence-corrected chi connectivity index (χ4v) is 3.85. The van der Waals surface area contributed by atoms with Gasteiger partial charge in [-0.25, -0.2) is 0 Å². The van der Waals surface area contributed by atoms with E-state index in [1.165, 1.54) is 0 Å². The maximum atomic E-state index is 12.6. The number of rotatable bonds is 4. The first kappa shape index (κ1) is 18.1. The van der Waals surface area contributed by atoms with Gasteiger partial charge in [0.15, 0.2) is 0 Å². The van der Waals surface area contributed by atoms with Crippen LogP contribution in [0.1, 0.15) is 40.8 Å². The minimum Gasteiger partial charge on any atom is -0.379 e. The highest BCUT2D eigenvalue weighted by atomic mass is 16.5. The second kappa shape index (κ2) is 8.14. The summed E-state index contributed by atoms with van der Waals surface area (Å²) >= 11 is 0. The Labute approximate surface area is 159 Å².